The molecule has 18 heteroatoms. The van der Waals surface area contributed by atoms with Crippen molar-refractivity contribution in [3.05, 3.63) is 99.7 Å². The molecule has 1 amide bonds. The molecule has 3 aromatic carbocycles. The molecule has 5 N–H and O–H groups in total. The van der Waals surface area contributed by atoms with Gasteiger partial charge >= 0.3 is 0 Å². The number of methoxy groups -OCH3 is 1. The highest BCUT2D eigenvalue weighted by atomic mass is 32.2. The molecular weight excluding hydrogens is 925 g/mol. The molecule has 1 spiro atoms. The monoisotopic (exact) mass is 990 g/mol. The van der Waals surface area contributed by atoms with Crippen molar-refractivity contribution in [2.24, 2.45) is 11.3 Å². The number of aromatic nitrogens is 2. The largest absolute Gasteiger partial charge is 0.489 e. The minimum Gasteiger partial charge on any atom is -0.489 e. The highest BCUT2D eigenvalue weighted by Gasteiger charge is 2.50. The summed E-state index contributed by atoms with van der Waals surface area (Å²) in [7, 11) is -3.11. The van der Waals surface area contributed by atoms with E-state index >= 15 is 0 Å². The Hall–Kier alpha value is -5.95. The fraction of sp³-hybridized carbons (Fsp3) is 0.509. The molecule has 2 atom stereocenters. The number of aliphatic hydroxyl groups is 1. The van der Waals surface area contributed by atoms with Crippen LogP contribution in [-0.4, -0.2) is 103 Å². The third-order valence-electron chi connectivity index (χ3n) is 16.0. The first-order chi connectivity index (χ1) is 34.1. The van der Waals surface area contributed by atoms with Gasteiger partial charge in [0.15, 0.2) is 23.0 Å². The highest BCUT2D eigenvalue weighted by molar-refractivity contribution is 7.90. The Labute approximate surface area is 415 Å². The zero-order chi connectivity index (χ0) is 49.7. The van der Waals surface area contributed by atoms with Gasteiger partial charge in [-0.2, -0.15) is 0 Å². The fourth-order valence-corrected chi connectivity index (χ4v) is 13.0. The number of carbonyl (C=O) groups excluding carboxylic acids is 1. The average molecular weight is 991 g/mol. The van der Waals surface area contributed by atoms with Gasteiger partial charge in [0.05, 0.1) is 33.6 Å². The second-order valence-corrected chi connectivity index (χ2v) is 22.8. The van der Waals surface area contributed by atoms with Gasteiger partial charge in [0.25, 0.3) is 21.6 Å². The summed E-state index contributed by atoms with van der Waals surface area (Å²) in [5.74, 6) is 0.387. The number of nitrogens with zero attached hydrogens (tertiary/aromatic N) is 4. The maximum Gasteiger partial charge on any atom is 0.297 e. The van der Waals surface area contributed by atoms with E-state index in [0.29, 0.717) is 74.1 Å². The molecule has 2 saturated carbocycles. The zero-order valence-electron chi connectivity index (χ0n) is 41.0. The summed E-state index contributed by atoms with van der Waals surface area (Å²) >= 11 is 0. The number of nitro benzene ring substituents is 1. The number of anilines is 3. The predicted octanol–water partition coefficient (Wildman–Crippen LogP) is 9.26. The van der Waals surface area contributed by atoms with E-state index in [1.165, 1.54) is 42.9 Å². The van der Waals surface area contributed by atoms with E-state index in [1.54, 1.807) is 31.5 Å². The Kier molecular flexibility index (Phi) is 13.4. The quantitative estimate of drug-likeness (QED) is 0.0376. The molecule has 378 valence electrons. The summed E-state index contributed by atoms with van der Waals surface area (Å²) in [5.41, 5.74) is 3.41. The number of hydrogen-bond acceptors (Lipinski definition) is 14. The van der Waals surface area contributed by atoms with Gasteiger partial charge in [-0.05, 0) is 130 Å². The number of likely N-dealkylation sites (tertiary alicyclic amines) is 1. The molecule has 2 saturated heterocycles. The number of hydrogen-bond donors (Lipinski definition) is 5. The molecule has 4 fully saturated rings. The van der Waals surface area contributed by atoms with Gasteiger partial charge in [-0.15, -0.1) is 0 Å². The zero-order valence-corrected chi connectivity index (χ0v) is 41.9. The number of piperidine rings is 1. The van der Waals surface area contributed by atoms with Gasteiger partial charge in [-0.1, -0.05) is 38.1 Å². The molecule has 2 aromatic heterocycles. The van der Waals surface area contributed by atoms with Gasteiger partial charge < -0.3 is 39.8 Å². The number of aromatic amines is 1. The minimum absolute atomic E-state index is 0.00556. The van der Waals surface area contributed by atoms with Crippen LogP contribution in [0.25, 0.3) is 11.0 Å². The number of pyridine rings is 1. The molecule has 2 aliphatic carbocycles. The first kappa shape index (κ1) is 48.7. The number of H-pyrrole nitrogens is 1. The number of carbonyl (C=O) groups is 1. The molecule has 5 aliphatic rings. The second-order valence-electron chi connectivity index (χ2n) is 21.1. The first-order valence-electron chi connectivity index (χ1n) is 25.2. The fourth-order valence-electron chi connectivity index (χ4n) is 12.0. The lowest BCUT2D eigenvalue weighted by atomic mass is 9.59. The summed E-state index contributed by atoms with van der Waals surface area (Å²) in [6.45, 7) is 10.1. The van der Waals surface area contributed by atoms with Crippen molar-refractivity contribution in [3.63, 3.8) is 0 Å². The van der Waals surface area contributed by atoms with Crippen LogP contribution in [0.4, 0.5) is 22.9 Å². The summed E-state index contributed by atoms with van der Waals surface area (Å²) in [5, 5.41) is 30.2. The Morgan fingerprint density at radius 2 is 1.79 bits per heavy atom. The Morgan fingerprint density at radius 1 is 1.01 bits per heavy atom. The summed E-state index contributed by atoms with van der Waals surface area (Å²) < 4.78 is 48.4. The molecule has 10 rings (SSSR count). The predicted molar refractivity (Wildman–Crippen MR) is 272 cm³/mol. The summed E-state index contributed by atoms with van der Waals surface area (Å²) in [6, 6.07) is 20.7. The van der Waals surface area contributed by atoms with Crippen LogP contribution in [0.2, 0.25) is 0 Å². The van der Waals surface area contributed by atoms with E-state index in [-0.39, 0.29) is 46.7 Å². The van der Waals surface area contributed by atoms with E-state index in [0.717, 1.165) is 49.6 Å². The van der Waals surface area contributed by atoms with Crippen molar-refractivity contribution >= 4 is 49.8 Å². The number of sulfonamides is 1. The maximum absolute atomic E-state index is 14.4. The van der Waals surface area contributed by atoms with E-state index in [1.807, 2.05) is 19.1 Å². The molecule has 71 heavy (non-hydrogen) atoms. The number of benzene rings is 3. The van der Waals surface area contributed by atoms with Gasteiger partial charge in [0, 0.05) is 74.3 Å². The number of nitro groups is 1. The van der Waals surface area contributed by atoms with E-state index in [2.05, 4.69) is 68.3 Å². The lowest BCUT2D eigenvalue weighted by Gasteiger charge is -2.56. The third kappa shape index (κ3) is 10.00. The van der Waals surface area contributed by atoms with E-state index < -0.39 is 37.0 Å². The van der Waals surface area contributed by atoms with Crippen molar-refractivity contribution in [3.8, 4) is 17.2 Å². The number of fused-ring (bicyclic) bond motifs is 2. The van der Waals surface area contributed by atoms with Crippen molar-refractivity contribution in [2.45, 2.75) is 120 Å². The average Bonchev–Trinajstić information content (AvgIpc) is 4.02. The summed E-state index contributed by atoms with van der Waals surface area (Å²) in [6.07, 6.45) is 11.2. The van der Waals surface area contributed by atoms with E-state index in [9.17, 15) is 28.4 Å². The van der Waals surface area contributed by atoms with Gasteiger partial charge in [0.1, 0.15) is 18.0 Å². The molecule has 17 nitrogen and oxygen atoms in total. The topological polar surface area (TPSA) is 214 Å². The molecule has 0 radical (unpaired) electrons. The molecule has 5 heterocycles. The second kappa shape index (κ2) is 19.6. The van der Waals surface area contributed by atoms with Crippen molar-refractivity contribution in [2.75, 3.05) is 62.0 Å². The smallest absolute Gasteiger partial charge is 0.297 e. The number of amides is 1. The van der Waals surface area contributed by atoms with E-state index in [4.69, 9.17) is 19.2 Å². The van der Waals surface area contributed by atoms with Gasteiger partial charge in [-0.3, -0.25) is 19.8 Å². The Balaban J connectivity index is 0.889. The standard InChI is InChI=1S/C53H66N8O9S/c1-33(2)39-8-5-6-9-40(39)43-10-7-22-60(43)37-30-53(31-37)18-23-59(24-19-53)36-11-12-41(45(27-36)70-47-26-35-15-20-54-49(35)57-50(47)55-21-25-68-4)51(62)58-71(66,67)38-28-44(61(64)65)48-46(29-38)69-32-42(56-48)34-13-16-52(3,63)17-14-34/h5-6,8-9,11-12,15,20,26-29,33-34,37,42-43,56,63H,7,10,13-14,16-19,21-25,30-32H2,1-4H3,(H,58,62)(H2,54,55,57)/t34?,42-,43+,52?/m1/s1. The normalized spacial score (nSPS) is 23.5. The summed E-state index contributed by atoms with van der Waals surface area (Å²) in [4.78, 5) is 38.6. The van der Waals surface area contributed by atoms with Crippen LogP contribution in [-0.2, 0) is 14.8 Å². The minimum atomic E-state index is -4.71. The van der Waals surface area contributed by atoms with Crippen molar-refractivity contribution < 1.29 is 37.5 Å². The SMILES string of the molecule is COCCNc1nc2[nH]ccc2cc1Oc1cc(N2CCC3(CC2)CC(N2CCC[C@H]2c2ccccc2C(C)C)C3)ccc1C(=O)NS(=O)(=O)c1cc2c(c([N+](=O)[O-])c1)N[C@@H](C1CCC(C)(O)CC1)CO2. The lowest BCUT2D eigenvalue weighted by Crippen LogP contribution is -2.54. The lowest BCUT2D eigenvalue weighted by molar-refractivity contribution is -0.384. The highest BCUT2D eigenvalue weighted by Crippen LogP contribution is 2.54. The first-order valence-corrected chi connectivity index (χ1v) is 26.7. The van der Waals surface area contributed by atoms with Crippen molar-refractivity contribution in [1.82, 2.24) is 19.6 Å². The maximum atomic E-state index is 14.4. The van der Waals surface area contributed by atoms with Crippen LogP contribution < -0.4 is 29.7 Å². The molecule has 3 aliphatic heterocycles. The van der Waals surface area contributed by atoms with Crippen LogP contribution in [0.3, 0.4) is 0 Å². The van der Waals surface area contributed by atoms with Crippen LogP contribution in [0.5, 0.6) is 17.2 Å². The molecule has 5 aromatic rings. The molecule has 0 bridgehead atoms. The van der Waals surface area contributed by atoms with Gasteiger partial charge in [0.2, 0.25) is 0 Å². The number of nitrogens with one attached hydrogen (secondary N) is 4. The van der Waals surface area contributed by atoms with Crippen LogP contribution in [0.15, 0.2) is 77.8 Å². The number of ether oxygens (including phenoxy) is 3. The molecular formula is C53H66N8O9S. The Morgan fingerprint density at radius 3 is 2.54 bits per heavy atom. The van der Waals surface area contributed by atoms with Crippen LogP contribution in [0, 0.1) is 21.4 Å². The van der Waals surface area contributed by atoms with Crippen molar-refractivity contribution in [1.29, 1.82) is 0 Å². The van der Waals surface area contributed by atoms with Gasteiger partial charge in [-0.25, -0.2) is 18.1 Å². The number of rotatable bonds is 15. The van der Waals surface area contributed by atoms with Crippen LogP contribution >= 0.6 is 0 Å². The third-order valence-corrected chi connectivity index (χ3v) is 17.3. The van der Waals surface area contributed by atoms with Crippen LogP contribution in [0.1, 0.15) is 118 Å². The Bertz CT molecular complexity index is 2900. The molecule has 0 unspecified atom stereocenters.